The molecule has 0 atom stereocenters. The predicted molar refractivity (Wildman–Crippen MR) is 63.6 cm³/mol. The van der Waals surface area contributed by atoms with Gasteiger partial charge in [0.05, 0.1) is 0 Å². The molecule has 0 unspecified atom stereocenters. The summed E-state index contributed by atoms with van der Waals surface area (Å²) in [4.78, 5) is 26.2. The summed E-state index contributed by atoms with van der Waals surface area (Å²) in [5, 5.41) is 8.65. The van der Waals surface area contributed by atoms with E-state index < -0.39 is 0 Å². The lowest BCUT2D eigenvalue weighted by atomic mass is 10.0. The number of amides is 1. The number of carbonyl (C=O) groups excluding carboxylic acids is 1. The molecule has 0 aliphatic heterocycles. The van der Waals surface area contributed by atoms with Gasteiger partial charge in [0.1, 0.15) is 20.0 Å². The van der Waals surface area contributed by atoms with Gasteiger partial charge in [-0.3, -0.25) is 4.79 Å². The Morgan fingerprint density at radius 1 is 1.53 bits per heavy atom. The van der Waals surface area contributed by atoms with Crippen LogP contribution in [-0.2, 0) is 11.4 Å². The van der Waals surface area contributed by atoms with Crippen molar-refractivity contribution in [2.75, 3.05) is 7.11 Å². The second-order valence-electron chi connectivity index (χ2n) is 3.33. The van der Waals surface area contributed by atoms with Crippen molar-refractivity contribution in [2.45, 2.75) is 13.5 Å². The van der Waals surface area contributed by atoms with Gasteiger partial charge in [-0.1, -0.05) is 22.5 Å². The lowest BCUT2D eigenvalue weighted by Crippen LogP contribution is -2.22. The Hall–Kier alpha value is -2.24. The average molecular weight is 235 g/mol. The molecule has 6 heteroatoms. The Bertz CT molecular complexity index is 444. The van der Waals surface area contributed by atoms with E-state index in [1.54, 1.807) is 25.1 Å². The van der Waals surface area contributed by atoms with Crippen LogP contribution in [0.3, 0.4) is 0 Å². The monoisotopic (exact) mass is 235 g/mol. The molecule has 90 valence electrons. The number of aryl methyl sites for hydroxylation is 1. The Morgan fingerprint density at radius 3 is 2.88 bits per heavy atom. The predicted octanol–water partition coefficient (Wildman–Crippen LogP) is 1.58. The molecule has 1 rings (SSSR count). The number of hydrogen-bond acceptors (Lipinski definition) is 5. The van der Waals surface area contributed by atoms with Crippen LogP contribution in [0.4, 0.5) is 0 Å². The van der Waals surface area contributed by atoms with Crippen molar-refractivity contribution in [3.05, 3.63) is 39.8 Å². The topological polar surface area (TPSA) is 80.1 Å². The highest BCUT2D eigenvalue weighted by molar-refractivity contribution is 6.01. The fourth-order valence-electron chi connectivity index (χ4n) is 1.37. The molecule has 0 spiro atoms. The van der Waals surface area contributed by atoms with Gasteiger partial charge in [0, 0.05) is 5.56 Å². The van der Waals surface area contributed by atoms with Gasteiger partial charge in [-0.15, -0.1) is 0 Å². The number of carbonyl (C=O) groups is 1. The minimum Gasteiger partial charge on any atom is -0.398 e. The van der Waals surface area contributed by atoms with Crippen LogP contribution < -0.4 is 5.32 Å². The van der Waals surface area contributed by atoms with Gasteiger partial charge in [0.15, 0.2) is 0 Å². The van der Waals surface area contributed by atoms with E-state index in [4.69, 9.17) is 0 Å². The number of hydrogen-bond donors (Lipinski definition) is 1. The summed E-state index contributed by atoms with van der Waals surface area (Å²) < 4.78 is 0. The molecule has 0 heterocycles. The zero-order valence-electron chi connectivity index (χ0n) is 9.64. The average Bonchev–Trinajstić information content (AvgIpc) is 2.29. The molecule has 1 amide bonds. The molecular weight excluding hydrogens is 222 g/mol. The van der Waals surface area contributed by atoms with Crippen molar-refractivity contribution in [3.63, 3.8) is 0 Å². The molecule has 0 aromatic heterocycles. The van der Waals surface area contributed by atoms with Crippen LogP contribution in [0.25, 0.3) is 0 Å². The van der Waals surface area contributed by atoms with Crippen LogP contribution in [0.1, 0.15) is 21.5 Å². The quantitative estimate of drug-likeness (QED) is 0.364. The molecule has 0 radical (unpaired) electrons. The lowest BCUT2D eigenvalue weighted by molar-refractivity contribution is 0.0975. The van der Waals surface area contributed by atoms with Gasteiger partial charge in [0.25, 0.3) is 5.91 Å². The zero-order chi connectivity index (χ0) is 12.7. The van der Waals surface area contributed by atoms with Crippen molar-refractivity contribution >= 4 is 12.2 Å². The molecule has 0 fully saturated rings. The Morgan fingerprint density at radius 2 is 2.29 bits per heavy atom. The smallest absolute Gasteiger partial charge is 0.256 e. The van der Waals surface area contributed by atoms with E-state index in [1.807, 2.05) is 0 Å². The van der Waals surface area contributed by atoms with E-state index >= 15 is 0 Å². The molecule has 0 aliphatic rings. The third-order valence-corrected chi connectivity index (χ3v) is 2.14. The van der Waals surface area contributed by atoms with E-state index in [0.717, 1.165) is 11.1 Å². The van der Waals surface area contributed by atoms with Crippen LogP contribution in [0.15, 0.2) is 28.5 Å². The van der Waals surface area contributed by atoms with E-state index in [2.05, 4.69) is 20.5 Å². The molecule has 1 N–H and O–H groups in total. The SMILES string of the molecule is CON=CNC(=O)c1ccc(CN=O)cc1C. The minimum absolute atomic E-state index is 0.105. The van der Waals surface area contributed by atoms with Crippen LogP contribution >= 0.6 is 0 Å². The van der Waals surface area contributed by atoms with E-state index in [1.165, 1.54) is 13.4 Å². The number of nitroso groups, excluding NO2 is 1. The number of oxime groups is 1. The van der Waals surface area contributed by atoms with Crippen LogP contribution in [-0.4, -0.2) is 19.4 Å². The summed E-state index contributed by atoms with van der Waals surface area (Å²) in [6, 6.07) is 5.09. The van der Waals surface area contributed by atoms with Gasteiger partial charge in [-0.25, -0.2) is 0 Å². The van der Waals surface area contributed by atoms with Crippen molar-refractivity contribution in [3.8, 4) is 0 Å². The van der Waals surface area contributed by atoms with Gasteiger partial charge in [-0.05, 0) is 24.1 Å². The first kappa shape index (κ1) is 12.8. The summed E-state index contributed by atoms with van der Waals surface area (Å²) in [5.41, 5.74) is 2.07. The molecule has 1 aromatic carbocycles. The minimum atomic E-state index is -0.283. The summed E-state index contributed by atoms with van der Waals surface area (Å²) in [5.74, 6) is -0.283. The van der Waals surface area contributed by atoms with Gasteiger partial charge in [0.2, 0.25) is 0 Å². The number of nitrogens with one attached hydrogen (secondary N) is 1. The van der Waals surface area contributed by atoms with Crippen molar-refractivity contribution in [1.82, 2.24) is 5.32 Å². The van der Waals surface area contributed by atoms with Crippen molar-refractivity contribution < 1.29 is 9.63 Å². The highest BCUT2D eigenvalue weighted by Crippen LogP contribution is 2.11. The van der Waals surface area contributed by atoms with Crippen LogP contribution in [0.2, 0.25) is 0 Å². The van der Waals surface area contributed by atoms with Gasteiger partial charge in [-0.2, -0.15) is 4.91 Å². The Kier molecular flexibility index (Phi) is 4.80. The maximum atomic E-state index is 11.7. The van der Waals surface area contributed by atoms with E-state index in [0.29, 0.717) is 5.56 Å². The third kappa shape index (κ3) is 3.67. The molecule has 17 heavy (non-hydrogen) atoms. The largest absolute Gasteiger partial charge is 0.398 e. The van der Waals surface area contributed by atoms with Crippen molar-refractivity contribution in [2.24, 2.45) is 10.3 Å². The van der Waals surface area contributed by atoms with E-state index in [9.17, 15) is 9.70 Å². The number of rotatable bonds is 5. The fourth-order valence-corrected chi connectivity index (χ4v) is 1.37. The number of nitrogens with zero attached hydrogens (tertiary/aromatic N) is 2. The fraction of sp³-hybridized carbons (Fsp3) is 0.273. The normalized spacial score (nSPS) is 10.2. The van der Waals surface area contributed by atoms with Crippen LogP contribution in [0.5, 0.6) is 0 Å². The maximum Gasteiger partial charge on any atom is 0.256 e. The number of benzene rings is 1. The molecular formula is C11H13N3O3. The first-order valence-electron chi connectivity index (χ1n) is 4.93. The maximum absolute atomic E-state index is 11.7. The highest BCUT2D eigenvalue weighted by Gasteiger charge is 2.08. The molecule has 0 aliphatic carbocycles. The second-order valence-corrected chi connectivity index (χ2v) is 3.33. The standard InChI is InChI=1S/C11H13N3O3/c1-8-5-9(6-13-16)3-4-10(8)11(15)12-7-14-17-2/h3-5,7H,6H2,1-2H3,(H,12,14,15). The first-order valence-corrected chi connectivity index (χ1v) is 4.93. The van der Waals surface area contributed by atoms with Gasteiger partial charge < -0.3 is 10.2 Å². The molecule has 0 saturated heterocycles. The van der Waals surface area contributed by atoms with E-state index in [-0.39, 0.29) is 12.5 Å². The zero-order valence-corrected chi connectivity index (χ0v) is 9.64. The van der Waals surface area contributed by atoms with Crippen molar-refractivity contribution in [1.29, 1.82) is 0 Å². The first-order chi connectivity index (χ1) is 8.19. The molecule has 0 saturated carbocycles. The third-order valence-electron chi connectivity index (χ3n) is 2.14. The van der Waals surface area contributed by atoms with Gasteiger partial charge >= 0.3 is 0 Å². The highest BCUT2D eigenvalue weighted by atomic mass is 16.6. The Balaban J connectivity index is 2.80. The summed E-state index contributed by atoms with van der Waals surface area (Å²) in [7, 11) is 1.38. The molecule has 6 nitrogen and oxygen atoms in total. The van der Waals surface area contributed by atoms with Crippen LogP contribution in [0, 0.1) is 11.8 Å². The molecule has 1 aromatic rings. The second kappa shape index (κ2) is 6.37. The summed E-state index contributed by atoms with van der Waals surface area (Å²) in [6.45, 7) is 1.89. The Labute approximate surface area is 98.6 Å². The summed E-state index contributed by atoms with van der Waals surface area (Å²) >= 11 is 0. The lowest BCUT2D eigenvalue weighted by Gasteiger charge is -2.05. The molecule has 0 bridgehead atoms. The summed E-state index contributed by atoms with van der Waals surface area (Å²) in [6.07, 6.45) is 1.17.